The number of hydrogen-bond acceptors (Lipinski definition) is 3. The van der Waals surface area contributed by atoms with Gasteiger partial charge < -0.3 is 5.32 Å². The molecule has 0 spiro atoms. The van der Waals surface area contributed by atoms with Crippen LogP contribution in [0.2, 0.25) is 0 Å². The number of anilines is 1. The van der Waals surface area contributed by atoms with Crippen molar-refractivity contribution < 1.29 is 0 Å². The van der Waals surface area contributed by atoms with E-state index in [1.807, 2.05) is 38.1 Å². The summed E-state index contributed by atoms with van der Waals surface area (Å²) in [5.74, 6) is 0.897. The van der Waals surface area contributed by atoms with Crippen molar-refractivity contribution >= 4 is 16.6 Å². The molecule has 96 valence electrons. The maximum Gasteiger partial charge on any atom is 0.126 e. The van der Waals surface area contributed by atoms with Gasteiger partial charge in [0.05, 0.1) is 6.20 Å². The van der Waals surface area contributed by atoms with Gasteiger partial charge in [-0.05, 0) is 30.0 Å². The highest BCUT2D eigenvalue weighted by molar-refractivity contribution is 5.90. The molecule has 3 rings (SSSR count). The minimum absolute atomic E-state index is 0.897. The van der Waals surface area contributed by atoms with Crippen molar-refractivity contribution in [3.8, 4) is 11.1 Å². The van der Waals surface area contributed by atoms with E-state index < -0.39 is 0 Å². The normalized spacial score (nSPS) is 10.9. The molecule has 4 heteroatoms. The van der Waals surface area contributed by atoms with E-state index in [0.29, 0.717) is 0 Å². The molecular weight excluding hydrogens is 236 g/mol. The lowest BCUT2D eigenvalue weighted by atomic mass is 10.0. The lowest BCUT2D eigenvalue weighted by Gasteiger charge is -2.07. The first-order chi connectivity index (χ1) is 9.17. The number of hydrogen-bond donors (Lipinski definition) is 1. The zero-order valence-corrected chi connectivity index (χ0v) is 11.3. The van der Waals surface area contributed by atoms with Crippen molar-refractivity contribution in [2.45, 2.75) is 6.92 Å². The minimum Gasteiger partial charge on any atom is -0.373 e. The number of aromatic nitrogens is 3. The Morgan fingerprint density at radius 2 is 2.00 bits per heavy atom. The first kappa shape index (κ1) is 11.7. The molecule has 4 nitrogen and oxygen atoms in total. The van der Waals surface area contributed by atoms with Gasteiger partial charge in [0, 0.05) is 36.9 Å². The van der Waals surface area contributed by atoms with Crippen LogP contribution in [0, 0.1) is 6.92 Å². The second-order valence-corrected chi connectivity index (χ2v) is 4.68. The molecule has 1 N–H and O–H groups in total. The zero-order chi connectivity index (χ0) is 13.4. The van der Waals surface area contributed by atoms with Crippen molar-refractivity contribution in [2.24, 2.45) is 7.05 Å². The Labute approximate surface area is 112 Å². The molecule has 0 unspecified atom stereocenters. The molecule has 0 saturated carbocycles. The van der Waals surface area contributed by atoms with E-state index in [4.69, 9.17) is 0 Å². The molecule has 0 saturated heterocycles. The second kappa shape index (κ2) is 4.39. The standard InChI is InChI=1S/C15H16N4/c1-10-14-5-4-11(13-8-17-19(3)9-13)6-12(14)7-15(16-2)18-10/h4-9H,1-3H3,(H,16,18). The predicted octanol–water partition coefficient (Wildman–Crippen LogP) is 2.99. The first-order valence-corrected chi connectivity index (χ1v) is 6.25. The summed E-state index contributed by atoms with van der Waals surface area (Å²) in [4.78, 5) is 4.50. The van der Waals surface area contributed by atoms with Crippen molar-refractivity contribution in [3.63, 3.8) is 0 Å². The average Bonchev–Trinajstić information content (AvgIpc) is 2.84. The van der Waals surface area contributed by atoms with E-state index in [1.165, 1.54) is 16.3 Å². The number of benzene rings is 1. The molecule has 2 heterocycles. The van der Waals surface area contributed by atoms with E-state index in [2.05, 4.69) is 39.7 Å². The third kappa shape index (κ3) is 2.05. The van der Waals surface area contributed by atoms with Crippen LogP contribution >= 0.6 is 0 Å². The SMILES string of the molecule is CNc1cc2cc(-c3cnn(C)c3)ccc2c(C)n1. The molecule has 0 aliphatic heterocycles. The fourth-order valence-electron chi connectivity index (χ4n) is 2.31. The molecule has 19 heavy (non-hydrogen) atoms. The Morgan fingerprint density at radius 3 is 2.68 bits per heavy atom. The largest absolute Gasteiger partial charge is 0.373 e. The summed E-state index contributed by atoms with van der Waals surface area (Å²) >= 11 is 0. The van der Waals surface area contributed by atoms with Crippen molar-refractivity contribution in [1.82, 2.24) is 14.8 Å². The molecule has 2 aromatic heterocycles. The molecular formula is C15H16N4. The van der Waals surface area contributed by atoms with Gasteiger partial charge in [-0.15, -0.1) is 0 Å². The van der Waals surface area contributed by atoms with Crippen LogP contribution in [-0.4, -0.2) is 21.8 Å². The zero-order valence-electron chi connectivity index (χ0n) is 11.3. The van der Waals surface area contributed by atoms with E-state index in [9.17, 15) is 0 Å². The first-order valence-electron chi connectivity index (χ1n) is 6.25. The van der Waals surface area contributed by atoms with Crippen LogP contribution in [-0.2, 0) is 7.05 Å². The number of nitrogens with zero attached hydrogens (tertiary/aromatic N) is 3. The molecule has 3 aromatic rings. The number of fused-ring (bicyclic) bond motifs is 1. The molecule has 0 aliphatic rings. The van der Waals surface area contributed by atoms with Gasteiger partial charge >= 0.3 is 0 Å². The summed E-state index contributed by atoms with van der Waals surface area (Å²) in [5, 5.41) is 9.69. The second-order valence-electron chi connectivity index (χ2n) is 4.68. The maximum atomic E-state index is 4.50. The van der Waals surface area contributed by atoms with Crippen molar-refractivity contribution in [1.29, 1.82) is 0 Å². The fraction of sp³-hybridized carbons (Fsp3) is 0.200. The summed E-state index contributed by atoms with van der Waals surface area (Å²) in [7, 11) is 3.82. The van der Waals surface area contributed by atoms with Gasteiger partial charge in [0.2, 0.25) is 0 Å². The van der Waals surface area contributed by atoms with E-state index in [1.54, 1.807) is 0 Å². The summed E-state index contributed by atoms with van der Waals surface area (Å²) < 4.78 is 1.82. The smallest absolute Gasteiger partial charge is 0.126 e. The Bertz CT molecular complexity index is 743. The Morgan fingerprint density at radius 1 is 1.16 bits per heavy atom. The van der Waals surface area contributed by atoms with Gasteiger partial charge in [-0.3, -0.25) is 4.68 Å². The number of pyridine rings is 1. The average molecular weight is 252 g/mol. The lowest BCUT2D eigenvalue weighted by molar-refractivity contribution is 0.768. The summed E-state index contributed by atoms with van der Waals surface area (Å²) in [6, 6.07) is 8.50. The van der Waals surface area contributed by atoms with Crippen LogP contribution in [0.25, 0.3) is 21.9 Å². The Hall–Kier alpha value is -2.36. The van der Waals surface area contributed by atoms with Crippen LogP contribution in [0.1, 0.15) is 5.69 Å². The van der Waals surface area contributed by atoms with E-state index in [0.717, 1.165) is 17.1 Å². The predicted molar refractivity (Wildman–Crippen MR) is 78.2 cm³/mol. The third-order valence-electron chi connectivity index (χ3n) is 3.32. The van der Waals surface area contributed by atoms with E-state index >= 15 is 0 Å². The minimum atomic E-state index is 0.897. The molecule has 0 bridgehead atoms. The van der Waals surface area contributed by atoms with Crippen molar-refractivity contribution in [2.75, 3.05) is 12.4 Å². The lowest BCUT2D eigenvalue weighted by Crippen LogP contribution is -1.94. The molecule has 0 fully saturated rings. The van der Waals surface area contributed by atoms with Gasteiger partial charge in [-0.25, -0.2) is 4.98 Å². The molecule has 0 atom stereocenters. The number of aryl methyl sites for hydroxylation is 2. The number of nitrogens with one attached hydrogen (secondary N) is 1. The molecule has 0 amide bonds. The van der Waals surface area contributed by atoms with Gasteiger partial charge in [-0.2, -0.15) is 5.10 Å². The Balaban J connectivity index is 2.19. The van der Waals surface area contributed by atoms with E-state index in [-0.39, 0.29) is 0 Å². The van der Waals surface area contributed by atoms with Gasteiger partial charge in [-0.1, -0.05) is 12.1 Å². The van der Waals surface area contributed by atoms with Crippen LogP contribution in [0.3, 0.4) is 0 Å². The van der Waals surface area contributed by atoms with Crippen LogP contribution in [0.5, 0.6) is 0 Å². The topological polar surface area (TPSA) is 42.7 Å². The molecule has 0 aliphatic carbocycles. The quantitative estimate of drug-likeness (QED) is 0.762. The van der Waals surface area contributed by atoms with Crippen molar-refractivity contribution in [3.05, 3.63) is 42.4 Å². The Kier molecular flexibility index (Phi) is 2.71. The van der Waals surface area contributed by atoms with Gasteiger partial charge in [0.1, 0.15) is 5.82 Å². The van der Waals surface area contributed by atoms with Gasteiger partial charge in [0.15, 0.2) is 0 Å². The highest BCUT2D eigenvalue weighted by atomic mass is 15.2. The van der Waals surface area contributed by atoms with Gasteiger partial charge in [0.25, 0.3) is 0 Å². The summed E-state index contributed by atoms with van der Waals surface area (Å²) in [6.07, 6.45) is 3.91. The monoisotopic (exact) mass is 252 g/mol. The van der Waals surface area contributed by atoms with Crippen LogP contribution < -0.4 is 5.32 Å². The molecule has 1 aromatic carbocycles. The molecule has 0 radical (unpaired) electrons. The summed E-state index contributed by atoms with van der Waals surface area (Å²) in [5.41, 5.74) is 3.35. The third-order valence-corrected chi connectivity index (χ3v) is 3.32. The summed E-state index contributed by atoms with van der Waals surface area (Å²) in [6.45, 7) is 2.03. The van der Waals surface area contributed by atoms with Crippen LogP contribution in [0.15, 0.2) is 36.7 Å². The number of rotatable bonds is 2. The fourth-order valence-corrected chi connectivity index (χ4v) is 2.31. The highest BCUT2D eigenvalue weighted by Crippen LogP contribution is 2.26. The highest BCUT2D eigenvalue weighted by Gasteiger charge is 2.05. The van der Waals surface area contributed by atoms with Crippen LogP contribution in [0.4, 0.5) is 5.82 Å². The maximum absolute atomic E-state index is 4.50.